The predicted octanol–water partition coefficient (Wildman–Crippen LogP) is 3.51. The van der Waals surface area contributed by atoms with Gasteiger partial charge in [0.2, 0.25) is 0 Å². The lowest BCUT2D eigenvalue weighted by molar-refractivity contribution is -0.111. The van der Waals surface area contributed by atoms with E-state index < -0.39 is 0 Å². The predicted molar refractivity (Wildman–Crippen MR) is 60.1 cm³/mol. The second-order valence-electron chi connectivity index (χ2n) is 4.34. The van der Waals surface area contributed by atoms with Gasteiger partial charge in [0.05, 0.1) is 0 Å². The van der Waals surface area contributed by atoms with Gasteiger partial charge in [-0.15, -0.1) is 0 Å². The summed E-state index contributed by atoms with van der Waals surface area (Å²) in [6, 6.07) is 0. The maximum atomic E-state index is 11.5. The van der Waals surface area contributed by atoms with Crippen molar-refractivity contribution in [2.45, 2.75) is 40.0 Å². The fourth-order valence-electron chi connectivity index (χ4n) is 1.83. The Labute approximate surface area is 86.9 Å². The lowest BCUT2D eigenvalue weighted by Crippen LogP contribution is -2.04. The van der Waals surface area contributed by atoms with Crippen molar-refractivity contribution in [2.24, 2.45) is 11.8 Å². The summed E-state index contributed by atoms with van der Waals surface area (Å²) in [6.45, 7) is 6.43. The Kier molecular flexibility index (Phi) is 4.12. The Balaban J connectivity index is 2.66. The van der Waals surface area contributed by atoms with Gasteiger partial charge >= 0.3 is 0 Å². The van der Waals surface area contributed by atoms with Gasteiger partial charge < -0.3 is 0 Å². The third-order valence-electron chi connectivity index (χ3n) is 2.55. The van der Waals surface area contributed by atoms with E-state index in [2.05, 4.69) is 32.9 Å². The quantitative estimate of drug-likeness (QED) is 0.623. The number of unbranched alkanes of at least 4 members (excludes halogenated alkanes) is 1. The Morgan fingerprint density at radius 2 is 2.21 bits per heavy atom. The standard InChI is InChI=1S/C13H20O/c1-4-5-6-11-7-8-13(14)12(11)9-10(2)3/h7-11H,4-6H2,1-3H3/b12-9+. The van der Waals surface area contributed by atoms with Gasteiger partial charge in [0.1, 0.15) is 0 Å². The Hall–Kier alpha value is -0.850. The van der Waals surface area contributed by atoms with Crippen molar-refractivity contribution in [1.82, 2.24) is 0 Å². The van der Waals surface area contributed by atoms with Crippen molar-refractivity contribution in [1.29, 1.82) is 0 Å². The zero-order valence-corrected chi connectivity index (χ0v) is 9.42. The molecular weight excluding hydrogens is 172 g/mol. The minimum Gasteiger partial charge on any atom is -0.290 e. The first-order valence-electron chi connectivity index (χ1n) is 5.59. The summed E-state index contributed by atoms with van der Waals surface area (Å²) in [7, 11) is 0. The fourth-order valence-corrected chi connectivity index (χ4v) is 1.83. The van der Waals surface area contributed by atoms with E-state index in [1.165, 1.54) is 12.8 Å². The van der Waals surface area contributed by atoms with Crippen LogP contribution in [-0.2, 0) is 4.79 Å². The van der Waals surface area contributed by atoms with Crippen LogP contribution < -0.4 is 0 Å². The summed E-state index contributed by atoms with van der Waals surface area (Å²) >= 11 is 0. The summed E-state index contributed by atoms with van der Waals surface area (Å²) in [6.07, 6.45) is 9.44. The van der Waals surface area contributed by atoms with Crippen molar-refractivity contribution < 1.29 is 4.79 Å². The number of carbonyl (C=O) groups excluding carboxylic acids is 1. The molecule has 0 saturated carbocycles. The molecule has 1 aliphatic rings. The second kappa shape index (κ2) is 5.14. The molecule has 0 aromatic rings. The van der Waals surface area contributed by atoms with E-state index >= 15 is 0 Å². The highest BCUT2D eigenvalue weighted by atomic mass is 16.1. The Morgan fingerprint density at radius 1 is 1.50 bits per heavy atom. The van der Waals surface area contributed by atoms with Crippen LogP contribution in [0.15, 0.2) is 23.8 Å². The Bertz CT molecular complexity index is 258. The monoisotopic (exact) mass is 192 g/mol. The zero-order chi connectivity index (χ0) is 10.6. The molecule has 0 fully saturated rings. The van der Waals surface area contributed by atoms with Crippen LogP contribution in [0.4, 0.5) is 0 Å². The summed E-state index contributed by atoms with van der Waals surface area (Å²) < 4.78 is 0. The van der Waals surface area contributed by atoms with E-state index in [0.29, 0.717) is 11.8 Å². The normalized spacial score (nSPS) is 24.1. The number of rotatable bonds is 4. The van der Waals surface area contributed by atoms with E-state index in [9.17, 15) is 4.79 Å². The van der Waals surface area contributed by atoms with Crippen molar-refractivity contribution in [2.75, 3.05) is 0 Å². The van der Waals surface area contributed by atoms with Crippen LogP contribution in [0.25, 0.3) is 0 Å². The number of carbonyl (C=O) groups is 1. The van der Waals surface area contributed by atoms with E-state index in [-0.39, 0.29) is 5.78 Å². The number of hydrogen-bond acceptors (Lipinski definition) is 1. The molecule has 1 aliphatic carbocycles. The first-order valence-corrected chi connectivity index (χ1v) is 5.59. The molecule has 0 radical (unpaired) electrons. The van der Waals surface area contributed by atoms with E-state index in [4.69, 9.17) is 0 Å². The van der Waals surface area contributed by atoms with Gasteiger partial charge in [0.15, 0.2) is 5.78 Å². The van der Waals surface area contributed by atoms with Crippen LogP contribution in [0.2, 0.25) is 0 Å². The van der Waals surface area contributed by atoms with Crippen LogP contribution >= 0.6 is 0 Å². The third kappa shape index (κ3) is 2.83. The van der Waals surface area contributed by atoms with Crippen LogP contribution in [0, 0.1) is 11.8 Å². The lowest BCUT2D eigenvalue weighted by Gasteiger charge is -2.10. The van der Waals surface area contributed by atoms with Gasteiger partial charge in [-0.2, -0.15) is 0 Å². The van der Waals surface area contributed by atoms with Crippen molar-refractivity contribution in [3.63, 3.8) is 0 Å². The molecule has 1 rings (SSSR count). The highest BCUT2D eigenvalue weighted by Crippen LogP contribution is 2.27. The highest BCUT2D eigenvalue weighted by molar-refractivity contribution is 6.07. The topological polar surface area (TPSA) is 17.1 Å². The molecule has 14 heavy (non-hydrogen) atoms. The first-order chi connectivity index (χ1) is 6.65. The number of allylic oxidation sites excluding steroid dienone is 4. The summed E-state index contributed by atoms with van der Waals surface area (Å²) in [5.74, 6) is 1.09. The summed E-state index contributed by atoms with van der Waals surface area (Å²) in [5.41, 5.74) is 1.02. The molecule has 0 heterocycles. The molecule has 78 valence electrons. The molecule has 0 bridgehead atoms. The van der Waals surface area contributed by atoms with Crippen LogP contribution in [0.5, 0.6) is 0 Å². The van der Waals surface area contributed by atoms with Gasteiger partial charge in [-0.3, -0.25) is 4.79 Å². The van der Waals surface area contributed by atoms with Crippen LogP contribution in [-0.4, -0.2) is 5.78 Å². The molecule has 0 N–H and O–H groups in total. The maximum absolute atomic E-state index is 11.5. The second-order valence-corrected chi connectivity index (χ2v) is 4.34. The zero-order valence-electron chi connectivity index (χ0n) is 9.42. The van der Waals surface area contributed by atoms with Crippen LogP contribution in [0.1, 0.15) is 40.0 Å². The molecule has 0 spiro atoms. The Morgan fingerprint density at radius 3 is 2.79 bits per heavy atom. The molecule has 1 nitrogen and oxygen atoms in total. The average Bonchev–Trinajstić information content (AvgIpc) is 2.45. The van der Waals surface area contributed by atoms with Crippen LogP contribution in [0.3, 0.4) is 0 Å². The van der Waals surface area contributed by atoms with Crippen molar-refractivity contribution >= 4 is 5.78 Å². The molecule has 0 aliphatic heterocycles. The largest absolute Gasteiger partial charge is 0.290 e. The van der Waals surface area contributed by atoms with Gasteiger partial charge in [0.25, 0.3) is 0 Å². The number of ketones is 1. The molecule has 0 amide bonds. The smallest absolute Gasteiger partial charge is 0.181 e. The van der Waals surface area contributed by atoms with Crippen molar-refractivity contribution in [3.8, 4) is 0 Å². The van der Waals surface area contributed by atoms with E-state index in [1.807, 2.05) is 0 Å². The van der Waals surface area contributed by atoms with Gasteiger partial charge in [0, 0.05) is 11.5 Å². The van der Waals surface area contributed by atoms with Gasteiger partial charge in [-0.25, -0.2) is 0 Å². The molecule has 1 unspecified atom stereocenters. The van der Waals surface area contributed by atoms with Gasteiger partial charge in [-0.05, 0) is 18.4 Å². The van der Waals surface area contributed by atoms with E-state index in [1.54, 1.807) is 6.08 Å². The molecule has 0 aromatic heterocycles. The molecule has 0 aromatic carbocycles. The van der Waals surface area contributed by atoms with Gasteiger partial charge in [-0.1, -0.05) is 45.8 Å². The lowest BCUT2D eigenvalue weighted by atomic mass is 9.93. The van der Waals surface area contributed by atoms with Crippen molar-refractivity contribution in [3.05, 3.63) is 23.8 Å². The molecule has 1 heteroatoms. The maximum Gasteiger partial charge on any atom is 0.181 e. The minimum absolute atomic E-state index is 0.222. The molecular formula is C13H20O. The highest BCUT2D eigenvalue weighted by Gasteiger charge is 2.22. The fraction of sp³-hybridized carbons (Fsp3) is 0.615. The summed E-state index contributed by atoms with van der Waals surface area (Å²) in [4.78, 5) is 11.5. The average molecular weight is 192 g/mol. The number of hydrogen-bond donors (Lipinski definition) is 0. The minimum atomic E-state index is 0.222. The SMILES string of the molecule is CCCCC1C=CC(=O)/C1=C/C(C)C. The molecule has 0 saturated heterocycles. The third-order valence-corrected chi connectivity index (χ3v) is 2.55. The summed E-state index contributed by atoms with van der Waals surface area (Å²) in [5, 5.41) is 0. The molecule has 1 atom stereocenters. The van der Waals surface area contributed by atoms with E-state index in [0.717, 1.165) is 12.0 Å². The first kappa shape index (κ1) is 11.2.